The Morgan fingerprint density at radius 2 is 1.97 bits per heavy atom. The maximum Gasteiger partial charge on any atom is 0.220 e. The highest BCUT2D eigenvalue weighted by Crippen LogP contribution is 2.20. The Bertz CT molecular complexity index is 814. The number of carbonyl (C=O) groups is 1. The van der Waals surface area contributed by atoms with E-state index in [-0.39, 0.29) is 29.9 Å². The van der Waals surface area contributed by atoms with Crippen LogP contribution in [-0.2, 0) is 17.8 Å². The first-order valence-electron chi connectivity index (χ1n) is 11.0. The van der Waals surface area contributed by atoms with Gasteiger partial charge < -0.3 is 20.1 Å². The van der Waals surface area contributed by atoms with Crippen molar-refractivity contribution >= 4 is 35.8 Å². The predicted molar refractivity (Wildman–Crippen MR) is 136 cm³/mol. The Morgan fingerprint density at radius 1 is 1.23 bits per heavy atom. The number of hydrogen-bond donors (Lipinski definition) is 2. The second-order valence-electron chi connectivity index (χ2n) is 7.75. The molecule has 0 radical (unpaired) electrons. The number of likely N-dealkylation sites (tertiary alicyclic amines) is 1. The number of nitrogens with zero attached hydrogens (tertiary/aromatic N) is 4. The van der Waals surface area contributed by atoms with Gasteiger partial charge in [-0.05, 0) is 31.2 Å². The molecule has 1 aromatic heterocycles. The van der Waals surface area contributed by atoms with Crippen molar-refractivity contribution in [2.45, 2.75) is 39.2 Å². The molecule has 0 saturated carbocycles. The van der Waals surface area contributed by atoms with Gasteiger partial charge in [-0.3, -0.25) is 9.79 Å². The number of guanidine groups is 1. The zero-order valence-electron chi connectivity index (χ0n) is 18.6. The number of halogens is 1. The van der Waals surface area contributed by atoms with E-state index in [1.807, 2.05) is 18.5 Å². The van der Waals surface area contributed by atoms with Crippen molar-refractivity contribution in [1.29, 1.82) is 0 Å². The van der Waals surface area contributed by atoms with Crippen LogP contribution in [0.5, 0.6) is 0 Å². The van der Waals surface area contributed by atoms with Gasteiger partial charge in [-0.2, -0.15) is 0 Å². The van der Waals surface area contributed by atoms with Gasteiger partial charge in [0.25, 0.3) is 0 Å². The largest absolute Gasteiger partial charge is 0.359 e. The molecule has 1 aliphatic rings. The van der Waals surface area contributed by atoms with Crippen molar-refractivity contribution in [2.24, 2.45) is 10.9 Å². The lowest BCUT2D eigenvalue weighted by molar-refractivity contribution is -0.121. The Hall–Kier alpha value is -2.10. The Morgan fingerprint density at radius 3 is 2.65 bits per heavy atom. The zero-order chi connectivity index (χ0) is 21.2. The number of piperidine rings is 1. The molecule has 2 aromatic rings. The topological polar surface area (TPSA) is 74.5 Å². The average molecular weight is 538 g/mol. The Kier molecular flexibility index (Phi) is 10.8. The van der Waals surface area contributed by atoms with Gasteiger partial charge in [0.2, 0.25) is 5.91 Å². The molecule has 7 nitrogen and oxygen atoms in total. The predicted octanol–water partition coefficient (Wildman–Crippen LogP) is 2.91. The van der Waals surface area contributed by atoms with Crippen LogP contribution in [0.2, 0.25) is 0 Å². The van der Waals surface area contributed by atoms with Crippen molar-refractivity contribution < 1.29 is 4.79 Å². The summed E-state index contributed by atoms with van der Waals surface area (Å²) in [5, 5.41) is 6.15. The summed E-state index contributed by atoms with van der Waals surface area (Å²) in [5.74, 6) is 2.63. The summed E-state index contributed by atoms with van der Waals surface area (Å²) in [4.78, 5) is 23.3. The lowest BCUT2D eigenvalue weighted by Crippen LogP contribution is -2.46. The van der Waals surface area contributed by atoms with Crippen LogP contribution in [-0.4, -0.2) is 59.5 Å². The lowest BCUT2D eigenvalue weighted by Gasteiger charge is -2.34. The number of benzene rings is 1. The molecule has 2 heterocycles. The fraction of sp³-hybridized carbons (Fsp3) is 0.522. The average Bonchev–Trinajstić information content (AvgIpc) is 3.21. The number of amides is 1. The van der Waals surface area contributed by atoms with Crippen molar-refractivity contribution in [3.63, 3.8) is 0 Å². The molecule has 0 spiro atoms. The molecule has 3 rings (SSSR count). The Balaban J connectivity index is 0.00000341. The van der Waals surface area contributed by atoms with E-state index in [9.17, 15) is 4.79 Å². The van der Waals surface area contributed by atoms with Crippen LogP contribution in [0.1, 0.15) is 37.6 Å². The van der Waals surface area contributed by atoms with Crippen LogP contribution < -0.4 is 10.6 Å². The molecule has 170 valence electrons. The van der Waals surface area contributed by atoms with Crippen LogP contribution in [0.25, 0.3) is 0 Å². The molecular formula is C23H35IN6O. The second kappa shape index (κ2) is 13.3. The maximum absolute atomic E-state index is 11.6. The van der Waals surface area contributed by atoms with E-state index in [0.29, 0.717) is 18.9 Å². The number of rotatable bonds is 8. The molecule has 0 unspecified atom stereocenters. The highest BCUT2D eigenvalue weighted by atomic mass is 127. The lowest BCUT2D eigenvalue weighted by atomic mass is 9.93. The number of carbonyl (C=O) groups excluding carboxylic acids is 1. The summed E-state index contributed by atoms with van der Waals surface area (Å²) in [6.07, 6.45) is 7.39. The monoisotopic (exact) mass is 538 g/mol. The molecule has 8 heteroatoms. The minimum Gasteiger partial charge on any atom is -0.359 e. The van der Waals surface area contributed by atoms with Gasteiger partial charge in [-0.15, -0.1) is 24.0 Å². The summed E-state index contributed by atoms with van der Waals surface area (Å²) in [6, 6.07) is 10.4. The molecule has 1 aliphatic heterocycles. The summed E-state index contributed by atoms with van der Waals surface area (Å²) in [7, 11) is 1.71. The maximum atomic E-state index is 11.6. The van der Waals surface area contributed by atoms with E-state index in [0.717, 1.165) is 57.2 Å². The quantitative estimate of drug-likeness (QED) is 0.308. The van der Waals surface area contributed by atoms with Gasteiger partial charge in [0.15, 0.2) is 5.96 Å². The number of aliphatic imine (C=N–C) groups is 1. The first kappa shape index (κ1) is 25.2. The van der Waals surface area contributed by atoms with E-state index in [4.69, 9.17) is 4.99 Å². The van der Waals surface area contributed by atoms with Crippen LogP contribution in [0.15, 0.2) is 47.7 Å². The fourth-order valence-electron chi connectivity index (χ4n) is 3.89. The standard InChI is InChI=1S/C23H34N6O.HI/c1-3-25-23(28-14-10-19(11-15-28)17-22(30)24-2)27-12-9-21-26-13-16-29(21)18-20-7-5-4-6-8-20;/h4-8,13,16,19H,3,9-12,14-15,17-18H2,1-2H3,(H,24,30)(H,25,27);1H. The fourth-order valence-corrected chi connectivity index (χ4v) is 3.89. The van der Waals surface area contributed by atoms with E-state index in [2.05, 4.69) is 56.3 Å². The van der Waals surface area contributed by atoms with Gasteiger partial charge in [-0.25, -0.2) is 4.98 Å². The molecule has 0 aliphatic carbocycles. The second-order valence-corrected chi connectivity index (χ2v) is 7.75. The molecule has 1 saturated heterocycles. The number of nitrogens with one attached hydrogen (secondary N) is 2. The van der Waals surface area contributed by atoms with Crippen molar-refractivity contribution in [3.05, 3.63) is 54.1 Å². The highest BCUT2D eigenvalue weighted by Gasteiger charge is 2.23. The van der Waals surface area contributed by atoms with Gasteiger partial charge in [0.1, 0.15) is 5.82 Å². The molecule has 1 aromatic carbocycles. The van der Waals surface area contributed by atoms with Gasteiger partial charge in [0, 0.05) is 65.0 Å². The third-order valence-corrected chi connectivity index (χ3v) is 5.60. The summed E-state index contributed by atoms with van der Waals surface area (Å²) >= 11 is 0. The molecule has 1 fully saturated rings. The minimum atomic E-state index is 0. The van der Waals surface area contributed by atoms with E-state index in [1.165, 1.54) is 5.56 Å². The number of hydrogen-bond acceptors (Lipinski definition) is 3. The number of aromatic nitrogens is 2. The van der Waals surface area contributed by atoms with Crippen LogP contribution in [0.4, 0.5) is 0 Å². The normalized spacial score (nSPS) is 14.8. The van der Waals surface area contributed by atoms with Crippen LogP contribution in [0, 0.1) is 5.92 Å². The summed E-state index contributed by atoms with van der Waals surface area (Å²) < 4.78 is 2.20. The van der Waals surface area contributed by atoms with E-state index < -0.39 is 0 Å². The van der Waals surface area contributed by atoms with Crippen LogP contribution in [0.3, 0.4) is 0 Å². The highest BCUT2D eigenvalue weighted by molar-refractivity contribution is 14.0. The van der Waals surface area contributed by atoms with Crippen LogP contribution >= 0.6 is 24.0 Å². The molecule has 2 N–H and O–H groups in total. The van der Waals surface area contributed by atoms with E-state index in [1.54, 1.807) is 7.05 Å². The third kappa shape index (κ3) is 7.83. The third-order valence-electron chi connectivity index (χ3n) is 5.60. The Labute approximate surface area is 202 Å². The van der Waals surface area contributed by atoms with Crippen molar-refractivity contribution in [3.8, 4) is 0 Å². The molecular weight excluding hydrogens is 503 g/mol. The number of imidazole rings is 1. The minimum absolute atomic E-state index is 0. The zero-order valence-corrected chi connectivity index (χ0v) is 20.9. The molecule has 0 atom stereocenters. The summed E-state index contributed by atoms with van der Waals surface area (Å²) in [5.41, 5.74) is 1.27. The first-order valence-corrected chi connectivity index (χ1v) is 11.0. The van der Waals surface area contributed by atoms with Gasteiger partial charge >= 0.3 is 0 Å². The first-order chi connectivity index (χ1) is 14.7. The summed E-state index contributed by atoms with van der Waals surface area (Å²) in [6.45, 7) is 6.36. The van der Waals surface area contributed by atoms with E-state index >= 15 is 0 Å². The SMILES string of the molecule is CCNC(=NCCc1nccn1Cc1ccccc1)N1CCC(CC(=O)NC)CC1.I. The van der Waals surface area contributed by atoms with Gasteiger partial charge in [-0.1, -0.05) is 30.3 Å². The molecule has 31 heavy (non-hydrogen) atoms. The van der Waals surface area contributed by atoms with Crippen molar-refractivity contribution in [2.75, 3.05) is 33.2 Å². The van der Waals surface area contributed by atoms with Crippen molar-refractivity contribution in [1.82, 2.24) is 25.1 Å². The molecule has 0 bridgehead atoms. The smallest absolute Gasteiger partial charge is 0.220 e. The van der Waals surface area contributed by atoms with Gasteiger partial charge in [0.05, 0.1) is 0 Å². The molecule has 1 amide bonds.